The molecule has 1 aliphatic heterocycles. The topological polar surface area (TPSA) is 111 Å². The Kier molecular flexibility index (Phi) is 7.84. The number of nitrogens with zero attached hydrogens (tertiary/aromatic N) is 4. The number of alkyl halides is 2. The van der Waals surface area contributed by atoms with Gasteiger partial charge in [0.1, 0.15) is 40.3 Å². The minimum absolute atomic E-state index is 0.00783. The van der Waals surface area contributed by atoms with Gasteiger partial charge >= 0.3 is 6.61 Å². The van der Waals surface area contributed by atoms with Crippen LogP contribution >= 0.6 is 11.6 Å². The number of nitrogens with one attached hydrogen (secondary N) is 1. The molecule has 5 rings (SSSR count). The van der Waals surface area contributed by atoms with E-state index in [-0.39, 0.29) is 46.7 Å². The zero-order chi connectivity index (χ0) is 31.2. The van der Waals surface area contributed by atoms with Crippen LogP contribution in [0.2, 0.25) is 5.02 Å². The van der Waals surface area contributed by atoms with Crippen molar-refractivity contribution in [2.75, 3.05) is 30.4 Å². The van der Waals surface area contributed by atoms with Crippen LogP contribution < -0.4 is 25.2 Å². The number of β-amino-alcohol motifs (C(OH)–C–C–N with tert-alkyl or cyclic N) is 1. The molecule has 0 unspecified atom stereocenters. The highest BCUT2D eigenvalue weighted by Crippen LogP contribution is 2.35. The lowest BCUT2D eigenvalue weighted by Crippen LogP contribution is -2.60. The maximum absolute atomic E-state index is 15.4. The number of anilines is 2. The van der Waals surface area contributed by atoms with E-state index in [1.807, 2.05) is 0 Å². The van der Waals surface area contributed by atoms with E-state index in [0.29, 0.717) is 5.82 Å². The number of hydrogen-bond acceptors (Lipinski definition) is 7. The van der Waals surface area contributed by atoms with Crippen molar-refractivity contribution in [1.82, 2.24) is 14.3 Å². The van der Waals surface area contributed by atoms with Gasteiger partial charge in [0.05, 0.1) is 23.3 Å². The summed E-state index contributed by atoms with van der Waals surface area (Å²) in [6.45, 7) is -0.897. The molecule has 15 heteroatoms. The monoisotopic (exact) mass is 621 g/mol. The molecule has 0 bridgehead atoms. The molecule has 2 aromatic heterocycles. The fourth-order valence-electron chi connectivity index (χ4n) is 4.79. The summed E-state index contributed by atoms with van der Waals surface area (Å²) >= 11 is 6.44. The van der Waals surface area contributed by atoms with Crippen LogP contribution in [0.3, 0.4) is 0 Å². The van der Waals surface area contributed by atoms with Gasteiger partial charge in [-0.2, -0.15) is 13.5 Å². The van der Waals surface area contributed by atoms with Crippen LogP contribution in [0.25, 0.3) is 17.1 Å². The average molecular weight is 622 g/mol. The predicted molar refractivity (Wildman–Crippen MR) is 150 cm³/mol. The molecule has 43 heavy (non-hydrogen) atoms. The van der Waals surface area contributed by atoms with Crippen molar-refractivity contribution < 1.29 is 36.9 Å². The summed E-state index contributed by atoms with van der Waals surface area (Å²) in [6.07, 6.45) is 0. The molecular formula is C28H24ClF4N5O5. The highest BCUT2D eigenvalue weighted by Gasteiger charge is 2.38. The van der Waals surface area contributed by atoms with E-state index in [9.17, 15) is 23.5 Å². The number of pyridine rings is 1. The SMILES string of the molecule is COc1cc(F)c(-c2c(NC(=O)c3ccc(OC(F)F)cc3)c(=O)n(-c3nc(N4CC(C)(O)C4)ccc3Cl)n2C)c(F)c1. The normalized spacial score (nSPS) is 14.0. The number of rotatable bonds is 8. The number of carbonyl (C=O) groups is 1. The third kappa shape index (κ3) is 5.75. The number of methoxy groups -OCH3 is 1. The Morgan fingerprint density at radius 2 is 1.72 bits per heavy atom. The molecule has 0 radical (unpaired) electrons. The average Bonchev–Trinajstić information content (AvgIpc) is 3.16. The summed E-state index contributed by atoms with van der Waals surface area (Å²) in [5.74, 6) is -3.14. The van der Waals surface area contributed by atoms with Crippen LogP contribution in [0.1, 0.15) is 17.3 Å². The molecule has 1 saturated heterocycles. The van der Waals surface area contributed by atoms with Crippen molar-refractivity contribution in [2.24, 2.45) is 7.05 Å². The Hall–Kier alpha value is -4.56. The quantitative estimate of drug-likeness (QED) is 0.277. The maximum Gasteiger partial charge on any atom is 0.387 e. The lowest BCUT2D eigenvalue weighted by Gasteiger charge is -2.45. The van der Waals surface area contributed by atoms with Crippen molar-refractivity contribution in [3.63, 3.8) is 0 Å². The third-order valence-electron chi connectivity index (χ3n) is 6.74. The summed E-state index contributed by atoms with van der Waals surface area (Å²) in [6, 6.07) is 9.47. The Balaban J connectivity index is 1.65. The van der Waals surface area contributed by atoms with Crippen molar-refractivity contribution in [1.29, 1.82) is 0 Å². The van der Waals surface area contributed by atoms with Gasteiger partial charge in [-0.25, -0.2) is 13.8 Å². The largest absolute Gasteiger partial charge is 0.497 e. The summed E-state index contributed by atoms with van der Waals surface area (Å²) < 4.78 is 67.0. The first kappa shape index (κ1) is 29.9. The van der Waals surface area contributed by atoms with Gasteiger partial charge in [0, 0.05) is 37.8 Å². The van der Waals surface area contributed by atoms with Crippen LogP contribution in [-0.2, 0) is 7.05 Å². The fourth-order valence-corrected chi connectivity index (χ4v) is 4.98. The number of aliphatic hydroxyl groups is 1. The van der Waals surface area contributed by atoms with Crippen LogP contribution in [0.4, 0.5) is 29.1 Å². The van der Waals surface area contributed by atoms with Gasteiger partial charge in [-0.15, -0.1) is 0 Å². The van der Waals surface area contributed by atoms with Gasteiger partial charge in [0.2, 0.25) is 0 Å². The van der Waals surface area contributed by atoms with Crippen LogP contribution in [0, 0.1) is 11.6 Å². The van der Waals surface area contributed by atoms with Crippen LogP contribution in [0.15, 0.2) is 53.3 Å². The van der Waals surface area contributed by atoms with Gasteiger partial charge in [-0.1, -0.05) is 11.6 Å². The second-order valence-corrected chi connectivity index (χ2v) is 10.4. The second-order valence-electron chi connectivity index (χ2n) is 10.0. The molecule has 0 atom stereocenters. The molecule has 0 aliphatic carbocycles. The van der Waals surface area contributed by atoms with Gasteiger partial charge in [-0.3, -0.25) is 14.3 Å². The lowest BCUT2D eigenvalue weighted by molar-refractivity contribution is -0.0498. The molecule has 0 saturated carbocycles. The molecule has 0 spiro atoms. The first-order chi connectivity index (χ1) is 20.3. The van der Waals surface area contributed by atoms with E-state index in [2.05, 4.69) is 15.0 Å². The number of benzene rings is 2. The molecule has 1 fully saturated rings. The highest BCUT2D eigenvalue weighted by molar-refractivity contribution is 6.32. The smallest absolute Gasteiger partial charge is 0.387 e. The fraction of sp³-hybridized carbons (Fsp3) is 0.250. The summed E-state index contributed by atoms with van der Waals surface area (Å²) in [7, 11) is 2.55. The first-order valence-electron chi connectivity index (χ1n) is 12.7. The molecule has 2 N–H and O–H groups in total. The molecule has 4 aromatic rings. The molecular weight excluding hydrogens is 598 g/mol. The van der Waals surface area contributed by atoms with E-state index in [0.717, 1.165) is 33.6 Å². The molecule has 2 aromatic carbocycles. The Morgan fingerprint density at radius 3 is 2.28 bits per heavy atom. The zero-order valence-corrected chi connectivity index (χ0v) is 23.6. The molecule has 1 aliphatic rings. The number of carbonyl (C=O) groups excluding carboxylic acids is 1. The van der Waals surface area contributed by atoms with Gasteiger partial charge in [0.25, 0.3) is 11.5 Å². The van der Waals surface area contributed by atoms with Crippen LogP contribution in [-0.4, -0.2) is 57.8 Å². The maximum atomic E-state index is 15.4. The summed E-state index contributed by atoms with van der Waals surface area (Å²) in [5.41, 5.74) is -3.45. The van der Waals surface area contributed by atoms with Crippen molar-refractivity contribution in [3.05, 3.63) is 81.1 Å². The molecule has 3 heterocycles. The van der Waals surface area contributed by atoms with Gasteiger partial charge in [-0.05, 0) is 43.3 Å². The number of halogens is 5. The number of aromatic nitrogens is 3. The predicted octanol–water partition coefficient (Wildman–Crippen LogP) is 4.60. The number of hydrogen-bond donors (Lipinski definition) is 2. The van der Waals surface area contributed by atoms with Crippen molar-refractivity contribution in [2.45, 2.75) is 19.1 Å². The van der Waals surface area contributed by atoms with E-state index < -0.39 is 46.6 Å². The third-order valence-corrected chi connectivity index (χ3v) is 7.03. The molecule has 226 valence electrons. The van der Waals surface area contributed by atoms with Crippen molar-refractivity contribution >= 4 is 29.0 Å². The number of ether oxygens (including phenoxy) is 2. The Bertz CT molecular complexity index is 1740. The zero-order valence-electron chi connectivity index (χ0n) is 22.9. The van der Waals surface area contributed by atoms with E-state index in [4.69, 9.17) is 16.3 Å². The molecule has 1 amide bonds. The van der Waals surface area contributed by atoms with Crippen LogP contribution in [0.5, 0.6) is 11.5 Å². The number of amides is 1. The standard InChI is InChI=1S/C28H24ClF4N5O5/c1-28(41)12-37(13-28)20-9-8-17(29)24(34-20)38-26(40)22(35-25(39)14-4-6-15(7-5-14)43-27(32)33)23(36(38)2)21-18(30)10-16(42-3)11-19(21)31/h4-11,27,41H,12-13H2,1-3H3,(H,35,39). The lowest BCUT2D eigenvalue weighted by atomic mass is 9.97. The van der Waals surface area contributed by atoms with Gasteiger partial charge < -0.3 is 24.8 Å². The summed E-state index contributed by atoms with van der Waals surface area (Å²) in [4.78, 5) is 33.3. The minimum Gasteiger partial charge on any atom is -0.497 e. The van der Waals surface area contributed by atoms with Gasteiger partial charge in [0.15, 0.2) is 5.82 Å². The van der Waals surface area contributed by atoms with E-state index >= 15 is 8.78 Å². The second kappa shape index (κ2) is 11.3. The Morgan fingerprint density at radius 1 is 1.09 bits per heavy atom. The van der Waals surface area contributed by atoms with Crippen molar-refractivity contribution in [3.8, 4) is 28.6 Å². The minimum atomic E-state index is -3.08. The highest BCUT2D eigenvalue weighted by atomic mass is 35.5. The van der Waals surface area contributed by atoms with E-state index in [1.54, 1.807) is 17.9 Å². The summed E-state index contributed by atoms with van der Waals surface area (Å²) in [5, 5.41) is 12.6. The first-order valence-corrected chi connectivity index (χ1v) is 13.0. The van der Waals surface area contributed by atoms with E-state index in [1.165, 1.54) is 32.4 Å². The Labute approximate surface area is 246 Å². The molecule has 10 nitrogen and oxygen atoms in total.